The second kappa shape index (κ2) is 3.41. The number of carbonyl (C=O) groups is 1. The summed E-state index contributed by atoms with van der Waals surface area (Å²) in [4.78, 5) is 15.1. The summed E-state index contributed by atoms with van der Waals surface area (Å²) in [5, 5.41) is 10.4. The van der Waals surface area contributed by atoms with Crippen molar-refractivity contribution in [1.29, 1.82) is 0 Å². The third kappa shape index (κ3) is 1.09. The fraction of sp³-hybridized carbons (Fsp3) is 0.938. The molecule has 7 unspecified atom stereocenters. The van der Waals surface area contributed by atoms with Crippen LogP contribution in [0.25, 0.3) is 0 Å². The Balaban J connectivity index is 1.62. The van der Waals surface area contributed by atoms with Gasteiger partial charge in [-0.25, -0.2) is 0 Å². The van der Waals surface area contributed by atoms with Crippen LogP contribution in [-0.2, 0) is 9.53 Å². The van der Waals surface area contributed by atoms with Crippen LogP contribution in [0.2, 0.25) is 0 Å². The minimum Gasteiger partial charge on any atom is -0.390 e. The highest BCUT2D eigenvalue weighted by molar-refractivity contribution is 5.84. The van der Waals surface area contributed by atoms with Gasteiger partial charge in [-0.05, 0) is 37.0 Å². The molecule has 4 heteroatoms. The molecule has 0 aromatic rings. The molecule has 4 nitrogen and oxygen atoms in total. The molecule has 5 rings (SSSR count). The molecule has 20 heavy (non-hydrogen) atoms. The molecular weight excluding hydrogens is 254 g/mol. The average molecular weight is 277 g/mol. The minimum atomic E-state index is -0.411. The topological polar surface area (TPSA) is 49.8 Å². The van der Waals surface area contributed by atoms with E-state index in [9.17, 15) is 9.90 Å². The van der Waals surface area contributed by atoms with Crippen LogP contribution >= 0.6 is 0 Å². The Labute approximate surface area is 119 Å². The van der Waals surface area contributed by atoms with Gasteiger partial charge in [0.25, 0.3) is 0 Å². The Morgan fingerprint density at radius 2 is 2.15 bits per heavy atom. The molecule has 7 atom stereocenters. The number of fused-ring (bicyclic) bond motifs is 2. The minimum absolute atomic E-state index is 0.0153. The number of aliphatic hydroxyl groups excluding tert-OH is 1. The van der Waals surface area contributed by atoms with E-state index in [0.717, 1.165) is 13.0 Å². The lowest BCUT2D eigenvalue weighted by Crippen LogP contribution is -2.54. The van der Waals surface area contributed by atoms with E-state index in [-0.39, 0.29) is 23.8 Å². The molecule has 0 aromatic heterocycles. The first kappa shape index (κ1) is 12.0. The van der Waals surface area contributed by atoms with E-state index in [1.807, 2.05) is 0 Å². The Morgan fingerprint density at radius 1 is 1.40 bits per heavy atom. The highest BCUT2D eigenvalue weighted by atomic mass is 16.6. The van der Waals surface area contributed by atoms with Crippen molar-refractivity contribution in [3.63, 3.8) is 0 Å². The average Bonchev–Trinajstić information content (AvgIpc) is 2.85. The Bertz CT molecular complexity index is 488. The van der Waals surface area contributed by atoms with Crippen molar-refractivity contribution < 1.29 is 14.6 Å². The second-order valence-electron chi connectivity index (χ2n) is 7.99. The summed E-state index contributed by atoms with van der Waals surface area (Å²) in [6, 6.07) is 0. The predicted molar refractivity (Wildman–Crippen MR) is 71.5 cm³/mol. The molecule has 1 N–H and O–H groups in total. The lowest BCUT2D eigenvalue weighted by atomic mass is 9.74. The third-order valence-electron chi connectivity index (χ3n) is 6.79. The summed E-state index contributed by atoms with van der Waals surface area (Å²) in [6.45, 7) is 5.24. The van der Waals surface area contributed by atoms with Crippen LogP contribution in [0, 0.1) is 35.5 Å². The molecule has 5 fully saturated rings. The second-order valence-corrected chi connectivity index (χ2v) is 7.99. The van der Waals surface area contributed by atoms with Crippen LogP contribution in [0.5, 0.6) is 0 Å². The van der Waals surface area contributed by atoms with Crippen LogP contribution in [-0.4, -0.2) is 40.4 Å². The van der Waals surface area contributed by atoms with E-state index < -0.39 is 11.8 Å². The van der Waals surface area contributed by atoms with Gasteiger partial charge in [0.2, 0.25) is 5.91 Å². The molecule has 0 spiro atoms. The van der Waals surface area contributed by atoms with E-state index in [1.54, 1.807) is 0 Å². The Hall–Kier alpha value is -0.610. The fourth-order valence-electron chi connectivity index (χ4n) is 5.90. The quantitative estimate of drug-likeness (QED) is 0.844. The number of aliphatic hydroxyl groups is 1. The van der Waals surface area contributed by atoms with Crippen molar-refractivity contribution >= 4 is 5.91 Å². The molecule has 2 bridgehead atoms. The lowest BCUT2D eigenvalue weighted by Gasteiger charge is -2.42. The molecule has 110 valence electrons. The Morgan fingerprint density at radius 3 is 2.80 bits per heavy atom. The van der Waals surface area contributed by atoms with Gasteiger partial charge in [-0.1, -0.05) is 13.8 Å². The largest absolute Gasteiger partial charge is 0.390 e. The van der Waals surface area contributed by atoms with E-state index in [2.05, 4.69) is 18.7 Å². The molecule has 2 heterocycles. The van der Waals surface area contributed by atoms with Crippen LogP contribution in [0.1, 0.15) is 33.1 Å². The molecule has 0 aromatic carbocycles. The zero-order valence-electron chi connectivity index (χ0n) is 12.2. The molecule has 2 aliphatic heterocycles. The number of likely N-dealkylation sites (tertiary alicyclic amines) is 1. The molecule has 5 aliphatic rings. The predicted octanol–water partition coefficient (Wildman–Crippen LogP) is 1.23. The summed E-state index contributed by atoms with van der Waals surface area (Å²) >= 11 is 0. The van der Waals surface area contributed by atoms with Crippen molar-refractivity contribution in [2.45, 2.75) is 51.0 Å². The van der Waals surface area contributed by atoms with Gasteiger partial charge in [-0.2, -0.15) is 0 Å². The van der Waals surface area contributed by atoms with E-state index in [0.29, 0.717) is 23.7 Å². The summed E-state index contributed by atoms with van der Waals surface area (Å²) < 4.78 is 6.46. The van der Waals surface area contributed by atoms with Gasteiger partial charge in [-0.15, -0.1) is 0 Å². The van der Waals surface area contributed by atoms with E-state index in [1.165, 1.54) is 12.8 Å². The van der Waals surface area contributed by atoms with Crippen molar-refractivity contribution in [2.75, 3.05) is 6.54 Å². The van der Waals surface area contributed by atoms with Crippen LogP contribution < -0.4 is 0 Å². The number of carbonyl (C=O) groups excluding carboxylic acids is 1. The number of rotatable bonds is 3. The van der Waals surface area contributed by atoms with Crippen molar-refractivity contribution in [2.24, 2.45) is 35.5 Å². The van der Waals surface area contributed by atoms with Crippen LogP contribution in [0.15, 0.2) is 0 Å². The molecule has 3 saturated carbocycles. The number of amides is 1. The van der Waals surface area contributed by atoms with Crippen molar-refractivity contribution in [3.8, 4) is 0 Å². The SMILES string of the molecule is CC(C)C12OC3C(O)C4CC3C1C4C(=O)N2CC1CC1. The summed E-state index contributed by atoms with van der Waals surface area (Å²) in [5.41, 5.74) is -0.411. The van der Waals surface area contributed by atoms with E-state index >= 15 is 0 Å². The van der Waals surface area contributed by atoms with Gasteiger partial charge in [0.1, 0.15) is 5.72 Å². The Kier molecular flexibility index (Phi) is 2.04. The maximum absolute atomic E-state index is 13.0. The first-order valence-corrected chi connectivity index (χ1v) is 8.23. The summed E-state index contributed by atoms with van der Waals surface area (Å²) in [6.07, 6.45) is 3.09. The zero-order chi connectivity index (χ0) is 13.8. The first-order valence-electron chi connectivity index (χ1n) is 8.23. The smallest absolute Gasteiger partial charge is 0.228 e. The molecule has 1 amide bonds. The molecule has 3 aliphatic carbocycles. The van der Waals surface area contributed by atoms with Crippen LogP contribution in [0.3, 0.4) is 0 Å². The fourth-order valence-corrected chi connectivity index (χ4v) is 5.90. The molecule has 2 saturated heterocycles. The van der Waals surface area contributed by atoms with Gasteiger partial charge in [0.05, 0.1) is 18.1 Å². The highest BCUT2D eigenvalue weighted by Gasteiger charge is 2.78. The highest BCUT2D eigenvalue weighted by Crippen LogP contribution is 2.69. The number of ether oxygens (including phenoxy) is 1. The molecular formula is C16H23NO3. The maximum Gasteiger partial charge on any atom is 0.228 e. The van der Waals surface area contributed by atoms with Gasteiger partial charge in [0.15, 0.2) is 0 Å². The monoisotopic (exact) mass is 277 g/mol. The first-order chi connectivity index (χ1) is 9.55. The number of hydrogen-bond acceptors (Lipinski definition) is 3. The van der Waals surface area contributed by atoms with E-state index in [4.69, 9.17) is 4.74 Å². The number of nitrogens with zero attached hydrogens (tertiary/aromatic N) is 1. The maximum atomic E-state index is 13.0. The van der Waals surface area contributed by atoms with Gasteiger partial charge >= 0.3 is 0 Å². The van der Waals surface area contributed by atoms with Gasteiger partial charge < -0.3 is 14.7 Å². The summed E-state index contributed by atoms with van der Waals surface area (Å²) in [7, 11) is 0. The standard InChI is InChI=1S/C16H23NO3/c1-7(2)16-12-10-5-9(13(18)14(10)20-16)11(12)15(19)17(16)6-8-3-4-8/h7-14,18H,3-6H2,1-2H3. The van der Waals surface area contributed by atoms with Gasteiger partial charge in [0, 0.05) is 18.4 Å². The number of hydrogen-bond donors (Lipinski definition) is 1. The zero-order valence-corrected chi connectivity index (χ0v) is 12.2. The third-order valence-corrected chi connectivity index (χ3v) is 6.79. The van der Waals surface area contributed by atoms with Gasteiger partial charge in [-0.3, -0.25) is 4.79 Å². The summed E-state index contributed by atoms with van der Waals surface area (Å²) in [5.74, 6) is 2.22. The van der Waals surface area contributed by atoms with Crippen LogP contribution in [0.4, 0.5) is 0 Å². The molecule has 0 radical (unpaired) electrons. The van der Waals surface area contributed by atoms with Crippen molar-refractivity contribution in [3.05, 3.63) is 0 Å². The normalized spacial score (nSPS) is 55.6. The van der Waals surface area contributed by atoms with Crippen molar-refractivity contribution in [1.82, 2.24) is 4.90 Å². The lowest BCUT2D eigenvalue weighted by molar-refractivity contribution is -0.193.